The van der Waals surface area contributed by atoms with E-state index >= 15 is 0 Å². The average molecular weight is 1660 g/mol. The zero-order valence-corrected chi connectivity index (χ0v) is 74.8. The summed E-state index contributed by atoms with van der Waals surface area (Å²) >= 11 is 0. The normalized spacial score (nSPS) is 24.4. The van der Waals surface area contributed by atoms with Crippen molar-refractivity contribution in [2.45, 2.75) is 574 Å². The second-order valence-electron chi connectivity index (χ2n) is 36.0. The summed E-state index contributed by atoms with van der Waals surface area (Å²) in [5.41, 5.74) is 0. The van der Waals surface area contributed by atoms with E-state index in [-0.39, 0.29) is 18.9 Å². The third-order valence-electron chi connectivity index (χ3n) is 25.3. The van der Waals surface area contributed by atoms with Crippen LogP contribution in [0.3, 0.4) is 0 Å². The smallest absolute Gasteiger partial charge is 0.220 e. The van der Waals surface area contributed by atoms with E-state index in [0.717, 1.165) is 44.9 Å². The van der Waals surface area contributed by atoms with Gasteiger partial charge in [0.25, 0.3) is 0 Å². The van der Waals surface area contributed by atoms with Gasteiger partial charge in [0.15, 0.2) is 18.9 Å². The van der Waals surface area contributed by atoms with Crippen molar-refractivity contribution in [3.8, 4) is 0 Å². The highest BCUT2D eigenvalue weighted by molar-refractivity contribution is 5.76. The van der Waals surface area contributed by atoms with Crippen LogP contribution in [0.2, 0.25) is 0 Å². The van der Waals surface area contributed by atoms with E-state index in [1.165, 1.54) is 398 Å². The van der Waals surface area contributed by atoms with Crippen LogP contribution in [0.5, 0.6) is 0 Å². The number of nitrogens with one attached hydrogen (secondary N) is 1. The highest BCUT2D eigenvalue weighted by Gasteiger charge is 2.54. The molecule has 3 aliphatic rings. The van der Waals surface area contributed by atoms with Gasteiger partial charge in [-0.05, 0) is 19.3 Å². The standard InChI is InChI=1S/C97H187NO18/c1-3-5-7-9-11-13-15-17-19-21-23-25-27-29-31-33-35-36-37-38-39-40-41-42-43-44-45-47-49-51-53-55-57-59-61-63-65-67-69-71-73-75-85(103)98-80(81(102)74-72-70-68-66-64-62-60-58-56-54-52-50-48-46-34-32-30-28-26-24-22-20-18-16-14-12-10-8-6-4-2)79-111-95-91(109)88(106)93(83(77-100)113-95)116-97-92(110)89(107)94(84(78-101)114-97)115-96-90(108)87(105)86(104)82(76-99)112-96/h72,74,80-84,86-97,99-102,104-110H,3-71,73,75-79H2,1-2H3,(H,98,103)/b74-72+. The fraction of sp³-hybridized carbons (Fsp3) is 0.969. The Morgan fingerprint density at radius 2 is 0.534 bits per heavy atom. The first-order valence-electron chi connectivity index (χ1n) is 49.9. The van der Waals surface area contributed by atoms with Crippen LogP contribution < -0.4 is 5.32 Å². The summed E-state index contributed by atoms with van der Waals surface area (Å²) in [6, 6.07) is -0.972. The number of carbonyl (C=O) groups is 1. The number of rotatable bonds is 84. The van der Waals surface area contributed by atoms with Gasteiger partial charge in [0.2, 0.25) is 5.91 Å². The van der Waals surface area contributed by atoms with Gasteiger partial charge in [-0.2, -0.15) is 0 Å². The second-order valence-corrected chi connectivity index (χ2v) is 36.0. The number of aliphatic hydroxyl groups excluding tert-OH is 11. The monoisotopic (exact) mass is 1650 g/mol. The Morgan fingerprint density at radius 1 is 0.302 bits per heavy atom. The first kappa shape index (κ1) is 109. The summed E-state index contributed by atoms with van der Waals surface area (Å²) in [6.45, 7) is 1.83. The lowest BCUT2D eigenvalue weighted by atomic mass is 9.96. The minimum atomic E-state index is -1.98. The maximum atomic E-state index is 13.6. The van der Waals surface area contributed by atoms with E-state index in [1.807, 2.05) is 6.08 Å². The lowest BCUT2D eigenvalue weighted by Gasteiger charge is -2.48. The van der Waals surface area contributed by atoms with Gasteiger partial charge >= 0.3 is 0 Å². The molecular formula is C97H187NO18. The van der Waals surface area contributed by atoms with Crippen molar-refractivity contribution in [1.29, 1.82) is 0 Å². The van der Waals surface area contributed by atoms with Crippen LogP contribution in [-0.4, -0.2) is 193 Å². The molecule has 116 heavy (non-hydrogen) atoms. The van der Waals surface area contributed by atoms with Crippen molar-refractivity contribution >= 4 is 5.91 Å². The van der Waals surface area contributed by atoms with Crippen molar-refractivity contribution in [1.82, 2.24) is 5.32 Å². The van der Waals surface area contributed by atoms with Crippen LogP contribution >= 0.6 is 0 Å². The average Bonchev–Trinajstić information content (AvgIpc) is 0.779. The van der Waals surface area contributed by atoms with Gasteiger partial charge in [0.1, 0.15) is 73.2 Å². The van der Waals surface area contributed by atoms with Gasteiger partial charge in [-0.15, -0.1) is 0 Å². The SMILES string of the molecule is CCCCCCCCCCCCCCCCCCCCCCCCCCCCCC/C=C/C(O)C(COC1OC(CO)C(OC2OC(CO)C(OC3OC(CO)C(O)C(O)C3O)C(O)C2O)C(O)C1O)NC(=O)CCCCCCCCCCCCCCCCCCCCCCCCCCCCCCCCCCCCCCCCCCC. The van der Waals surface area contributed by atoms with E-state index in [0.29, 0.717) is 6.42 Å². The molecule has 3 saturated heterocycles. The summed E-state index contributed by atoms with van der Waals surface area (Å²) in [5.74, 6) is -0.263. The van der Waals surface area contributed by atoms with Crippen molar-refractivity contribution in [3.63, 3.8) is 0 Å². The van der Waals surface area contributed by atoms with Crippen molar-refractivity contribution in [2.24, 2.45) is 0 Å². The first-order chi connectivity index (χ1) is 56.8. The van der Waals surface area contributed by atoms with Crippen molar-refractivity contribution in [2.75, 3.05) is 26.4 Å². The molecule has 3 rings (SSSR count). The minimum Gasteiger partial charge on any atom is -0.394 e. The number of amides is 1. The Morgan fingerprint density at radius 3 is 0.810 bits per heavy atom. The molecule has 12 N–H and O–H groups in total. The van der Waals surface area contributed by atoms with Gasteiger partial charge in [-0.3, -0.25) is 4.79 Å². The van der Waals surface area contributed by atoms with E-state index in [9.17, 15) is 61.0 Å². The highest BCUT2D eigenvalue weighted by Crippen LogP contribution is 2.34. The molecule has 0 aliphatic carbocycles. The summed E-state index contributed by atoms with van der Waals surface area (Å²) in [5, 5.41) is 121. The molecule has 0 aromatic rings. The number of hydrogen-bond donors (Lipinski definition) is 12. The molecule has 3 fully saturated rings. The Hall–Kier alpha value is -1.47. The van der Waals surface area contributed by atoms with Gasteiger partial charge < -0.3 is 89.9 Å². The number of unbranched alkanes of at least 4 members (excludes halogenated alkanes) is 68. The highest BCUT2D eigenvalue weighted by atomic mass is 16.8. The Labute approximate surface area is 709 Å². The van der Waals surface area contributed by atoms with Crippen LogP contribution in [0.15, 0.2) is 12.2 Å². The van der Waals surface area contributed by atoms with Crippen LogP contribution in [0.1, 0.15) is 470 Å². The minimum absolute atomic E-state index is 0.251. The summed E-state index contributed by atoms with van der Waals surface area (Å²) in [7, 11) is 0. The van der Waals surface area contributed by atoms with Crippen LogP contribution in [0.25, 0.3) is 0 Å². The first-order valence-corrected chi connectivity index (χ1v) is 49.9. The maximum Gasteiger partial charge on any atom is 0.220 e. The van der Waals surface area contributed by atoms with E-state index in [4.69, 9.17) is 28.4 Å². The Balaban J connectivity index is 1.27. The van der Waals surface area contributed by atoms with Crippen LogP contribution in [0.4, 0.5) is 0 Å². The maximum absolute atomic E-state index is 13.6. The predicted octanol–water partition coefficient (Wildman–Crippen LogP) is 20.6. The molecule has 0 bridgehead atoms. The number of carbonyl (C=O) groups excluding carboxylic acids is 1. The zero-order chi connectivity index (χ0) is 83.8. The number of allylic oxidation sites excluding steroid dienone is 1. The van der Waals surface area contributed by atoms with Crippen LogP contribution in [-0.2, 0) is 33.2 Å². The van der Waals surface area contributed by atoms with Crippen LogP contribution in [0, 0.1) is 0 Å². The fourth-order valence-corrected chi connectivity index (χ4v) is 17.4. The molecule has 0 radical (unpaired) electrons. The number of ether oxygens (including phenoxy) is 6. The van der Waals surface area contributed by atoms with Crippen molar-refractivity contribution < 1.29 is 89.4 Å². The quantitative estimate of drug-likeness (QED) is 0.0199. The molecule has 19 nitrogen and oxygen atoms in total. The zero-order valence-electron chi connectivity index (χ0n) is 74.8. The molecule has 17 unspecified atom stereocenters. The van der Waals surface area contributed by atoms with Gasteiger partial charge in [-0.25, -0.2) is 0 Å². The molecule has 0 aromatic carbocycles. The summed E-state index contributed by atoms with van der Waals surface area (Å²) in [6.07, 6.45) is 71.2. The molecule has 0 saturated carbocycles. The molecule has 19 heteroatoms. The Kier molecular flexibility index (Phi) is 72.3. The molecule has 17 atom stereocenters. The predicted molar refractivity (Wildman–Crippen MR) is 471 cm³/mol. The number of hydrogen-bond acceptors (Lipinski definition) is 18. The summed E-state index contributed by atoms with van der Waals surface area (Å²) in [4.78, 5) is 13.6. The topological polar surface area (TPSA) is 307 Å². The molecule has 3 aliphatic heterocycles. The largest absolute Gasteiger partial charge is 0.394 e. The molecule has 1 amide bonds. The second kappa shape index (κ2) is 77.1. The lowest BCUT2D eigenvalue weighted by molar-refractivity contribution is -0.379. The van der Waals surface area contributed by atoms with Gasteiger partial charge in [0, 0.05) is 6.42 Å². The third-order valence-corrected chi connectivity index (χ3v) is 25.3. The third kappa shape index (κ3) is 54.3. The fourth-order valence-electron chi connectivity index (χ4n) is 17.4. The van der Waals surface area contributed by atoms with E-state index in [1.54, 1.807) is 6.08 Å². The molecule has 0 aromatic heterocycles. The molecule has 688 valence electrons. The molecular weight excluding hydrogens is 1470 g/mol. The number of aliphatic hydroxyl groups is 11. The van der Waals surface area contributed by atoms with Gasteiger partial charge in [-0.1, -0.05) is 456 Å². The summed E-state index contributed by atoms with van der Waals surface area (Å²) < 4.78 is 34.6. The molecule has 0 spiro atoms. The van der Waals surface area contributed by atoms with E-state index < -0.39 is 124 Å². The van der Waals surface area contributed by atoms with Gasteiger partial charge in [0.05, 0.1) is 38.6 Å². The van der Waals surface area contributed by atoms with Crippen molar-refractivity contribution in [3.05, 3.63) is 12.2 Å². The van der Waals surface area contributed by atoms with E-state index in [2.05, 4.69) is 19.2 Å². The Bertz CT molecular complexity index is 2130. The lowest BCUT2D eigenvalue weighted by Crippen LogP contribution is -2.66. The molecule has 3 heterocycles.